The van der Waals surface area contributed by atoms with Crippen LogP contribution in [0.2, 0.25) is 0 Å². The first-order valence-corrected chi connectivity index (χ1v) is 8.94. The van der Waals surface area contributed by atoms with Crippen LogP contribution in [-0.4, -0.2) is 28.2 Å². The third-order valence-corrected chi connectivity index (χ3v) is 5.54. The Bertz CT molecular complexity index is 1060. The molecular weight excluding hydrogens is 352 g/mol. The smallest absolute Gasteiger partial charge is 0.246 e. The molecule has 1 aliphatic carbocycles. The zero-order valence-corrected chi connectivity index (χ0v) is 15.6. The van der Waals surface area contributed by atoms with E-state index in [2.05, 4.69) is 9.97 Å². The van der Waals surface area contributed by atoms with E-state index in [1.165, 1.54) is 12.4 Å². The maximum atomic E-state index is 13.9. The predicted octanol–water partition coefficient (Wildman–Crippen LogP) is 2.75. The fourth-order valence-electron chi connectivity index (χ4n) is 4.18. The molecule has 1 aliphatic heterocycles. The van der Waals surface area contributed by atoms with Gasteiger partial charge in [-0.05, 0) is 31.1 Å². The number of anilines is 1. The van der Waals surface area contributed by atoms with Crippen molar-refractivity contribution in [3.8, 4) is 6.07 Å². The zero-order chi connectivity index (χ0) is 19.9. The van der Waals surface area contributed by atoms with Crippen LogP contribution in [0.4, 0.5) is 5.69 Å². The summed E-state index contributed by atoms with van der Waals surface area (Å²) in [4.78, 5) is 36.4. The number of rotatable bonds is 2. The van der Waals surface area contributed by atoms with Crippen molar-refractivity contribution in [2.24, 2.45) is 5.41 Å². The quantitative estimate of drug-likeness (QED) is 0.759. The Morgan fingerprint density at radius 1 is 1.11 bits per heavy atom. The summed E-state index contributed by atoms with van der Waals surface area (Å²) in [7, 11) is 0. The minimum atomic E-state index is -1.22. The Kier molecular flexibility index (Phi) is 3.97. The van der Waals surface area contributed by atoms with Crippen molar-refractivity contribution in [2.75, 3.05) is 11.4 Å². The van der Waals surface area contributed by atoms with Crippen LogP contribution in [-0.2, 0) is 15.0 Å². The molecule has 2 aromatic rings. The van der Waals surface area contributed by atoms with Gasteiger partial charge in [0.05, 0.1) is 29.1 Å². The highest BCUT2D eigenvalue weighted by Gasteiger charge is 2.57. The van der Waals surface area contributed by atoms with Crippen LogP contribution in [0, 0.1) is 16.7 Å². The number of allylic oxidation sites excluding steroid dienone is 1. The third kappa shape index (κ3) is 2.33. The minimum absolute atomic E-state index is 0.00511. The molecule has 6 heteroatoms. The van der Waals surface area contributed by atoms with E-state index in [0.717, 1.165) is 5.56 Å². The molecule has 138 valence electrons. The lowest BCUT2D eigenvalue weighted by molar-refractivity contribution is -0.125. The third-order valence-electron chi connectivity index (χ3n) is 5.54. The lowest BCUT2D eigenvalue weighted by Crippen LogP contribution is -2.57. The van der Waals surface area contributed by atoms with E-state index in [1.54, 1.807) is 31.1 Å². The van der Waals surface area contributed by atoms with Crippen molar-refractivity contribution in [3.63, 3.8) is 0 Å². The Hall–Kier alpha value is -3.59. The van der Waals surface area contributed by atoms with Gasteiger partial charge in [0.2, 0.25) is 5.91 Å². The van der Waals surface area contributed by atoms with Gasteiger partial charge in [0, 0.05) is 6.54 Å². The number of Topliss-reactive ketones (excluding diaryl/α,β-unsaturated/α-hetero) is 1. The lowest BCUT2D eigenvalue weighted by Gasteiger charge is -2.48. The van der Waals surface area contributed by atoms with Gasteiger partial charge in [0.25, 0.3) is 0 Å². The van der Waals surface area contributed by atoms with Gasteiger partial charge in [-0.2, -0.15) is 5.26 Å². The second-order valence-electron chi connectivity index (χ2n) is 7.43. The van der Waals surface area contributed by atoms with Gasteiger partial charge in [-0.25, -0.2) is 9.97 Å². The highest BCUT2D eigenvalue weighted by atomic mass is 16.2. The van der Waals surface area contributed by atoms with Gasteiger partial charge in [-0.1, -0.05) is 36.4 Å². The molecule has 0 unspecified atom stereocenters. The van der Waals surface area contributed by atoms with E-state index in [9.17, 15) is 14.9 Å². The Balaban J connectivity index is 2.03. The molecular formula is C22H18N4O2. The Labute approximate surface area is 162 Å². The van der Waals surface area contributed by atoms with Gasteiger partial charge in [-0.15, -0.1) is 0 Å². The van der Waals surface area contributed by atoms with Crippen LogP contribution in [0.1, 0.15) is 19.4 Å². The highest BCUT2D eigenvalue weighted by molar-refractivity contribution is 6.15. The number of benzene rings is 1. The standard InChI is InChI=1S/C22H18N4O2/c1-21(2)18-8-9-26(17-12-24-14-25-13-17)20(28)22(18,10-15(11-23)19(21)27)16-6-4-3-5-7-16/h3-8,10,12-14H,9H2,1-2H3/t22-/m1/s1. The van der Waals surface area contributed by atoms with Crippen molar-refractivity contribution >= 4 is 17.4 Å². The number of nitriles is 1. The fourth-order valence-corrected chi connectivity index (χ4v) is 4.18. The lowest BCUT2D eigenvalue weighted by atomic mass is 9.56. The molecule has 1 amide bonds. The number of amides is 1. The van der Waals surface area contributed by atoms with Gasteiger partial charge >= 0.3 is 0 Å². The van der Waals surface area contributed by atoms with E-state index in [1.807, 2.05) is 42.5 Å². The number of carbonyl (C=O) groups excluding carboxylic acids is 2. The fraction of sp³-hybridized carbons (Fsp3) is 0.227. The number of ketones is 1. The molecule has 28 heavy (non-hydrogen) atoms. The number of hydrogen-bond donors (Lipinski definition) is 0. The van der Waals surface area contributed by atoms with E-state index in [0.29, 0.717) is 17.8 Å². The minimum Gasteiger partial charge on any atom is -0.304 e. The van der Waals surface area contributed by atoms with Crippen molar-refractivity contribution in [2.45, 2.75) is 19.3 Å². The number of carbonyl (C=O) groups is 2. The van der Waals surface area contributed by atoms with E-state index in [-0.39, 0.29) is 17.3 Å². The summed E-state index contributed by atoms with van der Waals surface area (Å²) in [5, 5.41) is 9.61. The Morgan fingerprint density at radius 2 is 1.79 bits per heavy atom. The first-order valence-electron chi connectivity index (χ1n) is 8.94. The van der Waals surface area contributed by atoms with Crippen molar-refractivity contribution < 1.29 is 9.59 Å². The highest BCUT2D eigenvalue weighted by Crippen LogP contribution is 2.52. The molecule has 2 aliphatic rings. The van der Waals surface area contributed by atoms with Crippen LogP contribution in [0.15, 0.2) is 72.4 Å². The number of fused-ring (bicyclic) bond motifs is 1. The summed E-state index contributed by atoms with van der Waals surface area (Å²) in [6.07, 6.45) is 8.01. The molecule has 0 radical (unpaired) electrons. The van der Waals surface area contributed by atoms with Crippen LogP contribution in [0.5, 0.6) is 0 Å². The monoisotopic (exact) mass is 370 g/mol. The molecule has 0 saturated carbocycles. The first-order chi connectivity index (χ1) is 13.4. The molecule has 1 atom stereocenters. The normalized spacial score (nSPS) is 23.4. The van der Waals surface area contributed by atoms with Crippen molar-refractivity contribution in [1.82, 2.24) is 9.97 Å². The van der Waals surface area contributed by atoms with Crippen LogP contribution >= 0.6 is 0 Å². The summed E-state index contributed by atoms with van der Waals surface area (Å²) in [6.45, 7) is 3.86. The molecule has 0 bridgehead atoms. The summed E-state index contributed by atoms with van der Waals surface area (Å²) in [5.41, 5.74) is -0.192. The molecule has 0 saturated heterocycles. The summed E-state index contributed by atoms with van der Waals surface area (Å²) >= 11 is 0. The van der Waals surface area contributed by atoms with Gasteiger partial charge in [0.1, 0.15) is 17.8 Å². The predicted molar refractivity (Wildman–Crippen MR) is 103 cm³/mol. The molecule has 6 nitrogen and oxygen atoms in total. The first kappa shape index (κ1) is 17.8. The van der Waals surface area contributed by atoms with E-state index < -0.39 is 10.8 Å². The van der Waals surface area contributed by atoms with Gasteiger partial charge in [-0.3, -0.25) is 9.59 Å². The molecule has 0 fully saturated rings. The second kappa shape index (κ2) is 6.24. The Morgan fingerprint density at radius 3 is 2.43 bits per heavy atom. The second-order valence-corrected chi connectivity index (χ2v) is 7.43. The molecule has 2 heterocycles. The number of aromatic nitrogens is 2. The average Bonchev–Trinajstić information content (AvgIpc) is 2.73. The van der Waals surface area contributed by atoms with Crippen LogP contribution in [0.3, 0.4) is 0 Å². The SMILES string of the molecule is CC1(C)C(=O)C(C#N)=C[C@]2(c3ccccc3)C(=O)N(c3cncnc3)CC=C12. The molecule has 0 N–H and O–H groups in total. The van der Waals surface area contributed by atoms with Crippen LogP contribution < -0.4 is 4.90 Å². The number of nitrogens with zero attached hydrogens (tertiary/aromatic N) is 4. The maximum Gasteiger partial charge on any atom is 0.246 e. The van der Waals surface area contributed by atoms with E-state index in [4.69, 9.17) is 0 Å². The van der Waals surface area contributed by atoms with Crippen LogP contribution in [0.25, 0.3) is 0 Å². The summed E-state index contributed by atoms with van der Waals surface area (Å²) in [5.74, 6) is -0.489. The molecule has 1 aromatic heterocycles. The van der Waals surface area contributed by atoms with Gasteiger partial charge < -0.3 is 4.90 Å². The molecule has 4 rings (SSSR count). The molecule has 1 aromatic carbocycles. The summed E-state index contributed by atoms with van der Waals surface area (Å²) in [6, 6.07) is 11.3. The van der Waals surface area contributed by atoms with Crippen molar-refractivity contribution in [1.29, 1.82) is 5.26 Å². The van der Waals surface area contributed by atoms with Gasteiger partial charge in [0.15, 0.2) is 5.78 Å². The topological polar surface area (TPSA) is 87.0 Å². The summed E-state index contributed by atoms with van der Waals surface area (Å²) < 4.78 is 0. The van der Waals surface area contributed by atoms with E-state index >= 15 is 0 Å². The zero-order valence-electron chi connectivity index (χ0n) is 15.6. The average molecular weight is 370 g/mol. The molecule has 0 spiro atoms. The largest absolute Gasteiger partial charge is 0.304 e. The number of hydrogen-bond acceptors (Lipinski definition) is 5. The maximum absolute atomic E-state index is 13.9. The van der Waals surface area contributed by atoms with Crippen molar-refractivity contribution in [3.05, 3.63) is 77.9 Å².